The number of amides is 1. The molecule has 1 aromatic rings. The Morgan fingerprint density at radius 2 is 2.44 bits per heavy atom. The van der Waals surface area contributed by atoms with E-state index in [9.17, 15) is 4.79 Å². The van der Waals surface area contributed by atoms with Crippen LogP contribution in [0.1, 0.15) is 12.5 Å². The van der Waals surface area contributed by atoms with E-state index in [4.69, 9.17) is 10.5 Å². The van der Waals surface area contributed by atoms with Gasteiger partial charge in [-0.25, -0.2) is 0 Å². The van der Waals surface area contributed by atoms with Gasteiger partial charge in [-0.1, -0.05) is 0 Å². The summed E-state index contributed by atoms with van der Waals surface area (Å²) in [5, 5.41) is 6.97. The maximum absolute atomic E-state index is 11.6. The molecule has 5 heteroatoms. The van der Waals surface area contributed by atoms with Crippen LogP contribution < -0.4 is 11.1 Å². The number of carbonyl (C=O) groups is 1. The van der Waals surface area contributed by atoms with E-state index in [0.29, 0.717) is 0 Å². The average molecular weight is 242 g/mol. The molecule has 0 aliphatic carbocycles. The lowest BCUT2D eigenvalue weighted by atomic mass is 10.1. The van der Waals surface area contributed by atoms with Crippen molar-refractivity contribution >= 4 is 17.2 Å². The summed E-state index contributed by atoms with van der Waals surface area (Å²) in [5.74, 6) is -0.162. The molecule has 2 unspecified atom stereocenters. The van der Waals surface area contributed by atoms with Crippen LogP contribution in [0.4, 0.5) is 0 Å². The Morgan fingerprint density at radius 3 is 3.00 bits per heavy atom. The summed E-state index contributed by atoms with van der Waals surface area (Å²) in [6.07, 6.45) is 0.828. The Bertz CT molecular complexity index is 314. The molecule has 0 bridgehead atoms. The van der Waals surface area contributed by atoms with E-state index in [-0.39, 0.29) is 18.6 Å². The molecule has 1 aromatic heterocycles. The molecule has 0 aromatic carbocycles. The number of nitrogens with one attached hydrogen (secondary N) is 1. The zero-order chi connectivity index (χ0) is 12.0. The first-order valence-electron chi connectivity index (χ1n) is 5.19. The minimum Gasteiger partial charge on any atom is -0.383 e. The Morgan fingerprint density at radius 1 is 1.69 bits per heavy atom. The number of thiophene rings is 1. The van der Waals surface area contributed by atoms with Gasteiger partial charge in [0.15, 0.2) is 0 Å². The van der Waals surface area contributed by atoms with Gasteiger partial charge in [0, 0.05) is 13.2 Å². The maximum Gasteiger partial charge on any atom is 0.239 e. The van der Waals surface area contributed by atoms with Gasteiger partial charge >= 0.3 is 0 Å². The van der Waals surface area contributed by atoms with Crippen molar-refractivity contribution in [2.24, 2.45) is 5.73 Å². The van der Waals surface area contributed by atoms with Crippen molar-refractivity contribution in [1.29, 1.82) is 0 Å². The number of rotatable bonds is 6. The number of carbonyl (C=O) groups excluding carboxylic acids is 1. The number of hydrogen-bond donors (Lipinski definition) is 2. The lowest BCUT2D eigenvalue weighted by Crippen LogP contribution is -2.47. The first-order chi connectivity index (χ1) is 7.63. The summed E-state index contributed by atoms with van der Waals surface area (Å²) in [4.78, 5) is 11.6. The Hall–Kier alpha value is -0.910. The second-order valence-electron chi connectivity index (χ2n) is 3.81. The molecule has 2 atom stereocenters. The second-order valence-corrected chi connectivity index (χ2v) is 4.59. The minimum atomic E-state index is -0.588. The highest BCUT2D eigenvalue weighted by Gasteiger charge is 2.15. The molecule has 0 aliphatic rings. The van der Waals surface area contributed by atoms with Crippen LogP contribution in [0.25, 0.3) is 0 Å². The molecular formula is C11H18N2O2S. The van der Waals surface area contributed by atoms with Crippen LogP contribution in [0.5, 0.6) is 0 Å². The summed E-state index contributed by atoms with van der Waals surface area (Å²) >= 11 is 1.66. The number of ether oxygens (including phenoxy) is 1. The van der Waals surface area contributed by atoms with Crippen molar-refractivity contribution < 1.29 is 9.53 Å². The summed E-state index contributed by atoms with van der Waals surface area (Å²) in [6, 6.07) is 1.56. The highest BCUT2D eigenvalue weighted by molar-refractivity contribution is 7.07. The van der Waals surface area contributed by atoms with Gasteiger partial charge in [-0.3, -0.25) is 4.79 Å². The summed E-state index contributed by atoms with van der Waals surface area (Å²) in [6.45, 7) is 2.21. The normalized spacial score (nSPS) is 14.4. The van der Waals surface area contributed by atoms with Crippen LogP contribution in [0.15, 0.2) is 16.8 Å². The molecule has 0 aliphatic heterocycles. The van der Waals surface area contributed by atoms with Crippen molar-refractivity contribution in [2.75, 3.05) is 13.7 Å². The van der Waals surface area contributed by atoms with Crippen LogP contribution in [0, 0.1) is 0 Å². The minimum absolute atomic E-state index is 0.0880. The van der Waals surface area contributed by atoms with E-state index in [0.717, 1.165) is 6.42 Å². The molecular weight excluding hydrogens is 224 g/mol. The van der Waals surface area contributed by atoms with Gasteiger partial charge in [-0.2, -0.15) is 11.3 Å². The summed E-state index contributed by atoms with van der Waals surface area (Å²) < 4.78 is 4.83. The van der Waals surface area contributed by atoms with Crippen LogP contribution in [-0.2, 0) is 16.0 Å². The largest absolute Gasteiger partial charge is 0.383 e. The SMILES string of the molecule is COCC(N)C(=O)NC(C)Cc1ccsc1. The fraction of sp³-hybridized carbons (Fsp3) is 0.545. The van der Waals surface area contributed by atoms with Gasteiger partial charge < -0.3 is 15.8 Å². The van der Waals surface area contributed by atoms with Crippen molar-refractivity contribution in [2.45, 2.75) is 25.4 Å². The molecule has 1 amide bonds. The average Bonchev–Trinajstić information content (AvgIpc) is 2.70. The number of methoxy groups -OCH3 is 1. The monoisotopic (exact) mass is 242 g/mol. The zero-order valence-corrected chi connectivity index (χ0v) is 10.4. The standard InChI is InChI=1S/C11H18N2O2S/c1-8(5-9-3-4-16-7-9)13-11(14)10(12)6-15-2/h3-4,7-8,10H,5-6,12H2,1-2H3,(H,13,14). The molecule has 1 heterocycles. The van der Waals surface area contributed by atoms with Crippen molar-refractivity contribution in [3.8, 4) is 0 Å². The predicted molar refractivity (Wildman–Crippen MR) is 65.5 cm³/mol. The van der Waals surface area contributed by atoms with Crippen LogP contribution in [0.2, 0.25) is 0 Å². The van der Waals surface area contributed by atoms with Crippen molar-refractivity contribution in [3.05, 3.63) is 22.4 Å². The van der Waals surface area contributed by atoms with Gasteiger partial charge in [0.05, 0.1) is 6.61 Å². The molecule has 0 radical (unpaired) electrons. The predicted octanol–water partition coefficient (Wildman–Crippen LogP) is 0.769. The molecule has 0 saturated carbocycles. The van der Waals surface area contributed by atoms with E-state index < -0.39 is 6.04 Å². The first-order valence-corrected chi connectivity index (χ1v) is 6.13. The van der Waals surface area contributed by atoms with Crippen LogP contribution in [-0.4, -0.2) is 31.7 Å². The van der Waals surface area contributed by atoms with Crippen molar-refractivity contribution in [1.82, 2.24) is 5.32 Å². The van der Waals surface area contributed by atoms with Gasteiger partial charge in [0.25, 0.3) is 0 Å². The molecule has 1 rings (SSSR count). The molecule has 0 fully saturated rings. The number of hydrogen-bond acceptors (Lipinski definition) is 4. The lowest BCUT2D eigenvalue weighted by molar-refractivity contribution is -0.124. The van der Waals surface area contributed by atoms with Gasteiger partial charge in [0.2, 0.25) is 5.91 Å². The maximum atomic E-state index is 11.6. The van der Waals surface area contributed by atoms with Crippen LogP contribution in [0.3, 0.4) is 0 Å². The second kappa shape index (κ2) is 6.62. The van der Waals surface area contributed by atoms with E-state index in [2.05, 4.69) is 16.8 Å². The fourth-order valence-electron chi connectivity index (χ4n) is 1.42. The highest BCUT2D eigenvalue weighted by atomic mass is 32.1. The quantitative estimate of drug-likeness (QED) is 0.774. The third-order valence-corrected chi connectivity index (χ3v) is 2.93. The van der Waals surface area contributed by atoms with Crippen molar-refractivity contribution in [3.63, 3.8) is 0 Å². The summed E-state index contributed by atoms with van der Waals surface area (Å²) in [7, 11) is 1.53. The molecule has 3 N–H and O–H groups in total. The zero-order valence-electron chi connectivity index (χ0n) is 9.60. The fourth-order valence-corrected chi connectivity index (χ4v) is 2.10. The molecule has 0 saturated heterocycles. The smallest absolute Gasteiger partial charge is 0.239 e. The third kappa shape index (κ3) is 4.30. The van der Waals surface area contributed by atoms with Gasteiger partial charge in [-0.05, 0) is 35.7 Å². The first kappa shape index (κ1) is 13.2. The molecule has 16 heavy (non-hydrogen) atoms. The Labute approximate surface area is 99.8 Å². The summed E-state index contributed by atoms with van der Waals surface area (Å²) in [5.41, 5.74) is 6.85. The molecule has 0 spiro atoms. The Balaban J connectivity index is 2.33. The van der Waals surface area contributed by atoms with Gasteiger partial charge in [0.1, 0.15) is 6.04 Å². The Kier molecular flexibility index (Phi) is 5.45. The van der Waals surface area contributed by atoms with E-state index in [1.54, 1.807) is 11.3 Å². The van der Waals surface area contributed by atoms with E-state index in [1.165, 1.54) is 12.7 Å². The number of nitrogens with two attached hydrogens (primary N) is 1. The molecule has 90 valence electrons. The van der Waals surface area contributed by atoms with Gasteiger partial charge in [-0.15, -0.1) is 0 Å². The third-order valence-electron chi connectivity index (χ3n) is 2.19. The lowest BCUT2D eigenvalue weighted by Gasteiger charge is -2.16. The molecule has 4 nitrogen and oxygen atoms in total. The van der Waals surface area contributed by atoms with E-state index in [1.807, 2.05) is 12.3 Å². The highest BCUT2D eigenvalue weighted by Crippen LogP contribution is 2.08. The topological polar surface area (TPSA) is 64.3 Å². The van der Waals surface area contributed by atoms with Crippen LogP contribution >= 0.6 is 11.3 Å². The van der Waals surface area contributed by atoms with E-state index >= 15 is 0 Å².